The van der Waals surface area contributed by atoms with Crippen molar-refractivity contribution in [3.63, 3.8) is 0 Å². The molecule has 7 nitrogen and oxygen atoms in total. The minimum absolute atomic E-state index is 0.141. The van der Waals surface area contributed by atoms with Gasteiger partial charge in [-0.2, -0.15) is 10.1 Å². The Balaban J connectivity index is 1.53. The van der Waals surface area contributed by atoms with Crippen molar-refractivity contribution in [2.75, 3.05) is 6.61 Å². The fraction of sp³-hybridized carbons (Fsp3) is 0.333. The lowest BCUT2D eigenvalue weighted by Crippen LogP contribution is -2.28. The zero-order valence-electron chi connectivity index (χ0n) is 14.0. The smallest absolute Gasteiger partial charge is 0.255 e. The highest BCUT2D eigenvalue weighted by atomic mass is 79.9. The van der Waals surface area contributed by atoms with Gasteiger partial charge in [-0.25, -0.2) is 0 Å². The quantitative estimate of drug-likeness (QED) is 0.420. The minimum Gasteiger partial charge on any atom is -0.481 e. The van der Waals surface area contributed by atoms with Gasteiger partial charge in [0.25, 0.3) is 17.7 Å². The summed E-state index contributed by atoms with van der Waals surface area (Å²) in [6.45, 7) is -0.304. The first-order valence-electron chi connectivity index (χ1n) is 8.37. The topological polar surface area (TPSA) is 102 Å². The second kappa shape index (κ2) is 6.76. The van der Waals surface area contributed by atoms with Crippen LogP contribution in [-0.2, 0) is 14.4 Å². The number of carbonyl (C=O) groups excluding carboxylic acids is 3. The minimum atomic E-state index is -0.622. The Kier molecular flexibility index (Phi) is 4.55. The average molecular weight is 453 g/mol. The molecule has 2 bridgehead atoms. The highest BCUT2D eigenvalue weighted by molar-refractivity contribution is 9.10. The van der Waals surface area contributed by atoms with E-state index in [9.17, 15) is 14.4 Å². The maximum absolute atomic E-state index is 12.6. The van der Waals surface area contributed by atoms with E-state index in [1.165, 1.54) is 6.21 Å². The first-order chi connectivity index (χ1) is 12.9. The van der Waals surface area contributed by atoms with E-state index in [0.29, 0.717) is 10.0 Å². The van der Waals surface area contributed by atoms with Gasteiger partial charge in [0, 0.05) is 0 Å². The van der Waals surface area contributed by atoms with Crippen LogP contribution >= 0.6 is 27.5 Å². The molecular formula is C18H15BrClN3O4. The Morgan fingerprint density at radius 1 is 1.30 bits per heavy atom. The van der Waals surface area contributed by atoms with Gasteiger partial charge in [-0.05, 0) is 51.9 Å². The van der Waals surface area contributed by atoms with Gasteiger partial charge in [-0.15, -0.1) is 0 Å². The highest BCUT2D eigenvalue weighted by Crippen LogP contribution is 2.52. The van der Waals surface area contributed by atoms with Crippen LogP contribution in [0.3, 0.4) is 0 Å². The molecule has 3 aliphatic rings. The summed E-state index contributed by atoms with van der Waals surface area (Å²) in [6.07, 6.45) is 6.35. The van der Waals surface area contributed by atoms with Crippen LogP contribution in [0.25, 0.3) is 0 Å². The number of fused-ring (bicyclic) bond motifs is 5. The van der Waals surface area contributed by atoms with Crippen LogP contribution in [0.15, 0.2) is 33.9 Å². The lowest BCUT2D eigenvalue weighted by atomic mass is 9.85. The number of imide groups is 1. The maximum atomic E-state index is 12.6. The third-order valence-electron chi connectivity index (χ3n) is 5.15. The Bertz CT molecular complexity index is 863. The Morgan fingerprint density at radius 3 is 2.48 bits per heavy atom. The number of amides is 3. The molecule has 0 spiro atoms. The van der Waals surface area contributed by atoms with E-state index in [4.69, 9.17) is 22.1 Å². The molecule has 0 unspecified atom stereocenters. The molecule has 9 heteroatoms. The molecule has 2 N–H and O–H groups in total. The van der Waals surface area contributed by atoms with Gasteiger partial charge in [0.05, 0.1) is 27.5 Å². The van der Waals surface area contributed by atoms with E-state index in [-0.39, 0.29) is 52.9 Å². The molecule has 2 fully saturated rings. The summed E-state index contributed by atoms with van der Waals surface area (Å²) in [5.74, 6) is -1.13. The number of ether oxygens (including phenoxy) is 1. The first kappa shape index (κ1) is 18.2. The molecule has 140 valence electrons. The number of nitrogens with zero attached hydrogens (tertiary/aromatic N) is 2. The summed E-state index contributed by atoms with van der Waals surface area (Å²) in [5.41, 5.74) is 5.63. The molecule has 2 aliphatic carbocycles. The number of hydrogen-bond donors (Lipinski definition) is 1. The number of rotatable bonds is 5. The number of primary amides is 1. The molecule has 1 saturated heterocycles. The standard InChI is InChI=1S/C18H15BrClN3O4/c19-11-3-8(4-12(20)16(11)27-7-13(21)24)6-22-23-17(25)14-9-1-2-10(5-9)15(14)18(23)26/h1-4,6,9-10,14-15H,5,7H2,(H2,21,24)/t9-,10-,14-,15+/m0/s1. The van der Waals surface area contributed by atoms with Crippen molar-refractivity contribution in [3.05, 3.63) is 39.3 Å². The van der Waals surface area contributed by atoms with Gasteiger partial charge < -0.3 is 10.5 Å². The van der Waals surface area contributed by atoms with Crippen molar-refractivity contribution in [1.82, 2.24) is 5.01 Å². The number of halogens is 2. The van der Waals surface area contributed by atoms with Crippen molar-refractivity contribution >= 4 is 51.5 Å². The molecule has 1 heterocycles. The van der Waals surface area contributed by atoms with Crippen LogP contribution in [0, 0.1) is 23.7 Å². The molecule has 27 heavy (non-hydrogen) atoms. The van der Waals surface area contributed by atoms with Crippen LogP contribution in [0.5, 0.6) is 5.75 Å². The van der Waals surface area contributed by atoms with Gasteiger partial charge in [-0.3, -0.25) is 14.4 Å². The number of allylic oxidation sites excluding steroid dienone is 2. The summed E-state index contributed by atoms with van der Waals surface area (Å²) in [7, 11) is 0. The molecule has 4 rings (SSSR count). The van der Waals surface area contributed by atoms with E-state index in [1.807, 2.05) is 12.2 Å². The molecule has 1 aromatic carbocycles. The molecule has 1 aromatic rings. The predicted molar refractivity (Wildman–Crippen MR) is 101 cm³/mol. The van der Waals surface area contributed by atoms with Crippen molar-refractivity contribution in [1.29, 1.82) is 0 Å². The van der Waals surface area contributed by atoms with Gasteiger partial charge >= 0.3 is 0 Å². The largest absolute Gasteiger partial charge is 0.481 e. The number of nitrogens with two attached hydrogens (primary N) is 1. The summed E-state index contributed by atoms with van der Waals surface area (Å²) in [5, 5.41) is 5.32. The Hall–Kier alpha value is -2.19. The second-order valence-electron chi connectivity index (χ2n) is 6.80. The molecule has 1 aliphatic heterocycles. The van der Waals surface area contributed by atoms with Gasteiger partial charge in [0.1, 0.15) is 0 Å². The van der Waals surface area contributed by atoms with Gasteiger partial charge in [-0.1, -0.05) is 23.8 Å². The molecule has 0 aromatic heterocycles. The monoisotopic (exact) mass is 451 g/mol. The first-order valence-corrected chi connectivity index (χ1v) is 9.54. The van der Waals surface area contributed by atoms with E-state index in [1.54, 1.807) is 12.1 Å². The van der Waals surface area contributed by atoms with Crippen LogP contribution in [0.1, 0.15) is 12.0 Å². The van der Waals surface area contributed by atoms with Crippen molar-refractivity contribution in [3.8, 4) is 5.75 Å². The molecule has 1 saturated carbocycles. The van der Waals surface area contributed by atoms with Crippen molar-refractivity contribution in [2.24, 2.45) is 34.5 Å². The lowest BCUT2D eigenvalue weighted by molar-refractivity contribution is -0.140. The summed E-state index contributed by atoms with van der Waals surface area (Å²) in [6, 6.07) is 3.21. The van der Waals surface area contributed by atoms with Crippen molar-refractivity contribution < 1.29 is 19.1 Å². The molecule has 4 atom stereocenters. The predicted octanol–water partition coefficient (Wildman–Crippen LogP) is 2.11. The molecule has 0 radical (unpaired) electrons. The Labute approximate surface area is 168 Å². The van der Waals surface area contributed by atoms with E-state index >= 15 is 0 Å². The van der Waals surface area contributed by atoms with Crippen LogP contribution in [0.2, 0.25) is 5.02 Å². The van der Waals surface area contributed by atoms with Gasteiger partial charge in [0.15, 0.2) is 12.4 Å². The lowest BCUT2D eigenvalue weighted by Gasteiger charge is -2.13. The zero-order chi connectivity index (χ0) is 19.3. The highest BCUT2D eigenvalue weighted by Gasteiger charge is 2.59. The normalized spacial score (nSPS) is 28.4. The number of hydrazone groups is 1. The van der Waals surface area contributed by atoms with E-state index in [2.05, 4.69) is 21.0 Å². The fourth-order valence-electron chi connectivity index (χ4n) is 4.06. The summed E-state index contributed by atoms with van der Waals surface area (Å²) < 4.78 is 5.75. The second-order valence-corrected chi connectivity index (χ2v) is 8.06. The van der Waals surface area contributed by atoms with Gasteiger partial charge in [0.2, 0.25) is 0 Å². The number of carbonyl (C=O) groups is 3. The fourth-order valence-corrected chi connectivity index (χ4v) is 5.05. The summed E-state index contributed by atoms with van der Waals surface area (Å²) in [4.78, 5) is 36.1. The third kappa shape index (κ3) is 3.06. The average Bonchev–Trinajstić information content (AvgIpc) is 3.27. The van der Waals surface area contributed by atoms with Crippen molar-refractivity contribution in [2.45, 2.75) is 6.42 Å². The third-order valence-corrected chi connectivity index (χ3v) is 6.02. The van der Waals surface area contributed by atoms with Crippen LogP contribution < -0.4 is 10.5 Å². The number of hydrogen-bond acceptors (Lipinski definition) is 5. The summed E-state index contributed by atoms with van der Waals surface area (Å²) >= 11 is 9.48. The molecular weight excluding hydrogens is 438 g/mol. The van der Waals surface area contributed by atoms with Crippen LogP contribution in [-0.4, -0.2) is 35.6 Å². The maximum Gasteiger partial charge on any atom is 0.255 e. The van der Waals surface area contributed by atoms with Crippen LogP contribution in [0.4, 0.5) is 0 Å². The Morgan fingerprint density at radius 2 is 1.93 bits per heavy atom. The SMILES string of the molecule is NC(=O)COc1c(Cl)cc(C=NN2C(=O)[C@@H]3[C@H](C2=O)[C@H]2C=C[C@H]3C2)cc1Br. The zero-order valence-corrected chi connectivity index (χ0v) is 16.3. The number of benzene rings is 1. The molecule has 3 amide bonds. The van der Waals surface area contributed by atoms with E-state index in [0.717, 1.165) is 11.4 Å². The van der Waals surface area contributed by atoms with E-state index < -0.39 is 5.91 Å².